The molecule has 208 valence electrons. The number of benzene rings is 2. The summed E-state index contributed by atoms with van der Waals surface area (Å²) in [5.74, 6) is 0. The monoisotopic (exact) mass is 554 g/mol. The van der Waals surface area contributed by atoms with Crippen molar-refractivity contribution in [2.24, 2.45) is 0 Å². The van der Waals surface area contributed by atoms with Crippen molar-refractivity contribution in [2.75, 3.05) is 6.54 Å². The van der Waals surface area contributed by atoms with Gasteiger partial charge in [-0.2, -0.15) is 5.26 Å². The van der Waals surface area contributed by atoms with Crippen LogP contribution in [0.25, 0.3) is 0 Å². The highest BCUT2D eigenvalue weighted by atomic mass is 35.5. The van der Waals surface area contributed by atoms with Crippen LogP contribution in [0.5, 0.6) is 0 Å². The Balaban J connectivity index is 0.00000127. The zero-order chi connectivity index (χ0) is 27.6. The van der Waals surface area contributed by atoms with E-state index in [4.69, 9.17) is 28.5 Å². The molecule has 2 nitrogen and oxygen atoms in total. The summed E-state index contributed by atoms with van der Waals surface area (Å²) in [4.78, 5) is 2.32. The van der Waals surface area contributed by atoms with Gasteiger partial charge in [0.25, 0.3) is 0 Å². The number of hydrogen-bond acceptors (Lipinski definition) is 2. The fourth-order valence-electron chi connectivity index (χ4n) is 6.79. The van der Waals surface area contributed by atoms with Crippen molar-refractivity contribution >= 4 is 23.2 Å². The van der Waals surface area contributed by atoms with E-state index in [1.165, 1.54) is 61.3 Å². The molecule has 2 saturated carbocycles. The van der Waals surface area contributed by atoms with E-state index in [0.717, 1.165) is 51.5 Å². The lowest BCUT2D eigenvalue weighted by Crippen LogP contribution is -2.42. The highest BCUT2D eigenvalue weighted by Crippen LogP contribution is 2.51. The normalized spacial score (nSPS) is 18.7. The molecule has 0 saturated heterocycles. The van der Waals surface area contributed by atoms with Crippen LogP contribution in [0.2, 0.25) is 0 Å². The number of nitriles is 1. The van der Waals surface area contributed by atoms with Gasteiger partial charge in [-0.1, -0.05) is 81.1 Å². The molecular formula is C34H48Cl2N2. The van der Waals surface area contributed by atoms with Gasteiger partial charge < -0.3 is 0 Å². The average Bonchev–Trinajstić information content (AvgIpc) is 3.56. The van der Waals surface area contributed by atoms with Crippen LogP contribution in [0.4, 0.5) is 0 Å². The van der Waals surface area contributed by atoms with Crippen LogP contribution in [-0.4, -0.2) is 23.5 Å². The molecule has 2 aromatic rings. The molecule has 2 aliphatic rings. The van der Waals surface area contributed by atoms with Crippen LogP contribution in [-0.2, 0) is 22.6 Å². The number of hydrogen-bond donors (Lipinski definition) is 0. The fraction of sp³-hybridized carbons (Fsp3) is 0.618. The van der Waals surface area contributed by atoms with Crippen molar-refractivity contribution in [3.05, 3.63) is 70.8 Å². The van der Waals surface area contributed by atoms with E-state index in [1.807, 2.05) is 0 Å². The van der Waals surface area contributed by atoms with E-state index in [1.54, 1.807) is 6.07 Å². The van der Waals surface area contributed by atoms with Crippen LogP contribution in [0.3, 0.4) is 0 Å². The highest BCUT2D eigenvalue weighted by Gasteiger charge is 2.40. The molecule has 0 aromatic heterocycles. The van der Waals surface area contributed by atoms with Crippen molar-refractivity contribution in [2.45, 2.75) is 127 Å². The Labute approximate surface area is 242 Å². The van der Waals surface area contributed by atoms with Gasteiger partial charge >= 0.3 is 0 Å². The van der Waals surface area contributed by atoms with Crippen molar-refractivity contribution in [3.8, 4) is 6.07 Å². The van der Waals surface area contributed by atoms with Gasteiger partial charge in [0.15, 0.2) is 0 Å². The number of halogens is 2. The van der Waals surface area contributed by atoms with E-state index in [-0.39, 0.29) is 9.75 Å². The topological polar surface area (TPSA) is 27.0 Å². The van der Waals surface area contributed by atoms with E-state index in [9.17, 15) is 0 Å². The quantitative estimate of drug-likeness (QED) is 0.258. The molecule has 0 N–H and O–H groups in total. The summed E-state index contributed by atoms with van der Waals surface area (Å²) in [6.07, 6.45) is 13.8. The maximum Gasteiger partial charge on any atom is 0.0697 e. The number of alkyl halides is 2. The number of nitrogens with zero attached hydrogens (tertiary/aromatic N) is 2. The maximum absolute atomic E-state index is 7.35. The number of rotatable bonds is 11. The third-order valence-corrected chi connectivity index (χ3v) is 9.93. The molecule has 1 unspecified atom stereocenters. The van der Waals surface area contributed by atoms with Crippen molar-refractivity contribution < 1.29 is 0 Å². The molecule has 2 aliphatic carbocycles. The molecule has 4 rings (SSSR count). The van der Waals surface area contributed by atoms with Gasteiger partial charge in [-0.15, -0.1) is 23.2 Å². The summed E-state index contributed by atoms with van der Waals surface area (Å²) >= 11 is 14.7. The molecule has 0 amide bonds. The first-order valence-corrected chi connectivity index (χ1v) is 15.6. The zero-order valence-corrected chi connectivity index (χ0v) is 25.6. The summed E-state index contributed by atoms with van der Waals surface area (Å²) in [5.41, 5.74) is 5.68. The zero-order valence-electron chi connectivity index (χ0n) is 24.1. The first-order chi connectivity index (χ1) is 18.3. The third-order valence-electron chi connectivity index (χ3n) is 8.77. The minimum absolute atomic E-state index is 0.204. The maximum atomic E-state index is 7.35. The average molecular weight is 556 g/mol. The predicted molar refractivity (Wildman–Crippen MR) is 164 cm³/mol. The highest BCUT2D eigenvalue weighted by molar-refractivity contribution is 6.25. The summed E-state index contributed by atoms with van der Waals surface area (Å²) < 4.78 is 0. The first-order valence-electron chi connectivity index (χ1n) is 14.9. The molecule has 0 aliphatic heterocycles. The van der Waals surface area contributed by atoms with Crippen molar-refractivity contribution in [1.82, 2.24) is 4.90 Å². The minimum atomic E-state index is -0.204. The molecular weight excluding hydrogens is 507 g/mol. The summed E-state index contributed by atoms with van der Waals surface area (Å²) in [6, 6.07) is 20.6. The Hall–Kier alpha value is -1.53. The van der Waals surface area contributed by atoms with Gasteiger partial charge in [0.1, 0.15) is 0 Å². The van der Waals surface area contributed by atoms with Crippen molar-refractivity contribution in [3.63, 3.8) is 0 Å². The second-order valence-electron chi connectivity index (χ2n) is 11.6. The lowest BCUT2D eigenvalue weighted by atomic mass is 9.81. The molecule has 2 aromatic carbocycles. The van der Waals surface area contributed by atoms with Gasteiger partial charge in [-0.3, -0.25) is 4.90 Å². The SMILES string of the molecule is CC#N.CCC(CCc1c(C2(Cl)CCCC2)cccc1C1(Cl)CCCC1)N(CCc1ccccc1)C(C)C. The van der Waals surface area contributed by atoms with Crippen LogP contribution >= 0.6 is 23.2 Å². The van der Waals surface area contributed by atoms with Crippen LogP contribution in [0, 0.1) is 11.3 Å². The van der Waals surface area contributed by atoms with E-state index in [2.05, 4.69) is 74.2 Å². The molecule has 0 heterocycles. The molecule has 2 fully saturated rings. The molecule has 4 heteroatoms. The van der Waals surface area contributed by atoms with Gasteiger partial charge in [0, 0.05) is 25.6 Å². The summed E-state index contributed by atoms with van der Waals surface area (Å²) in [7, 11) is 0. The largest absolute Gasteiger partial charge is 0.298 e. The van der Waals surface area contributed by atoms with Crippen LogP contribution in [0.1, 0.15) is 114 Å². The van der Waals surface area contributed by atoms with Crippen LogP contribution < -0.4 is 0 Å². The van der Waals surface area contributed by atoms with Gasteiger partial charge in [-0.25, -0.2) is 0 Å². The fourth-order valence-corrected chi connectivity index (χ4v) is 7.67. The van der Waals surface area contributed by atoms with E-state index < -0.39 is 0 Å². The van der Waals surface area contributed by atoms with Gasteiger partial charge in [0.05, 0.1) is 15.8 Å². The third kappa shape index (κ3) is 7.78. The van der Waals surface area contributed by atoms with Gasteiger partial charge in [0.2, 0.25) is 0 Å². The lowest BCUT2D eigenvalue weighted by molar-refractivity contribution is 0.142. The lowest BCUT2D eigenvalue weighted by Gasteiger charge is -2.36. The molecule has 1 atom stereocenters. The smallest absolute Gasteiger partial charge is 0.0697 e. The second kappa shape index (κ2) is 14.7. The van der Waals surface area contributed by atoms with E-state index in [0.29, 0.717) is 12.1 Å². The Morgan fingerprint density at radius 3 is 1.79 bits per heavy atom. The molecule has 38 heavy (non-hydrogen) atoms. The van der Waals surface area contributed by atoms with Gasteiger partial charge in [-0.05, 0) is 87.5 Å². The Bertz CT molecular complexity index is 974. The van der Waals surface area contributed by atoms with Crippen molar-refractivity contribution in [1.29, 1.82) is 5.26 Å². The standard InChI is InChI=1S/C32H45Cl2N.C2H3N/c1-4-27(35(25(2)3)24-19-26-13-6-5-7-14-26)17-18-28-29(31(33)20-8-9-21-31)15-12-16-30(28)32(34)22-10-11-23-32;1-2-3/h5-7,12-16,25,27H,4,8-11,17-24H2,1-3H3;1H3. The predicted octanol–water partition coefficient (Wildman–Crippen LogP) is 9.90. The Kier molecular flexibility index (Phi) is 12.0. The molecule has 0 bridgehead atoms. The minimum Gasteiger partial charge on any atom is -0.298 e. The second-order valence-corrected chi connectivity index (χ2v) is 13.0. The molecule has 0 radical (unpaired) electrons. The van der Waals surface area contributed by atoms with E-state index >= 15 is 0 Å². The Morgan fingerprint density at radius 1 is 0.842 bits per heavy atom. The molecule has 0 spiro atoms. The first kappa shape index (κ1) is 31.0. The summed E-state index contributed by atoms with van der Waals surface area (Å²) in [6.45, 7) is 9.60. The Morgan fingerprint density at radius 2 is 1.34 bits per heavy atom. The van der Waals surface area contributed by atoms with Crippen LogP contribution in [0.15, 0.2) is 48.5 Å². The summed E-state index contributed by atoms with van der Waals surface area (Å²) in [5, 5.41) is 7.32.